The summed E-state index contributed by atoms with van der Waals surface area (Å²) in [5.41, 5.74) is 1.83. The molecular formula is C22H17BrN4O4S2. The van der Waals surface area contributed by atoms with Gasteiger partial charge in [0, 0.05) is 11.3 Å². The van der Waals surface area contributed by atoms with Crippen LogP contribution in [0.4, 0.5) is 10.8 Å². The normalized spacial score (nSPS) is 10.6. The topological polar surface area (TPSA) is 105 Å². The number of carbonyl (C=O) groups is 2. The lowest BCUT2D eigenvalue weighted by molar-refractivity contribution is 0.0975. The van der Waals surface area contributed by atoms with E-state index in [1.165, 1.54) is 17.6 Å². The van der Waals surface area contributed by atoms with Gasteiger partial charge in [0.2, 0.25) is 0 Å². The van der Waals surface area contributed by atoms with Crippen molar-refractivity contribution in [1.82, 2.24) is 10.3 Å². The number of rotatable bonds is 6. The Morgan fingerprint density at radius 2 is 2.00 bits per heavy atom. The van der Waals surface area contributed by atoms with Gasteiger partial charge in [0.1, 0.15) is 5.75 Å². The lowest BCUT2D eigenvalue weighted by Crippen LogP contribution is -2.34. The van der Waals surface area contributed by atoms with Gasteiger partial charge in [-0.2, -0.15) is 0 Å². The number of thiocarbonyl (C=S) groups is 1. The van der Waals surface area contributed by atoms with E-state index >= 15 is 0 Å². The monoisotopic (exact) mass is 544 g/mol. The molecule has 2 aromatic heterocycles. The Labute approximate surface area is 206 Å². The number of nitrogens with zero attached hydrogens (tertiary/aromatic N) is 1. The third kappa shape index (κ3) is 5.56. The van der Waals surface area contributed by atoms with Crippen LogP contribution in [-0.2, 0) is 0 Å². The number of aromatic nitrogens is 1. The van der Waals surface area contributed by atoms with Gasteiger partial charge in [-0.1, -0.05) is 11.3 Å². The average Bonchev–Trinajstić information content (AvgIpc) is 3.44. The molecule has 2 aromatic carbocycles. The molecule has 11 heteroatoms. The summed E-state index contributed by atoms with van der Waals surface area (Å²) in [5, 5.41) is 8.96. The molecule has 0 aliphatic rings. The molecule has 8 nitrogen and oxygen atoms in total. The summed E-state index contributed by atoms with van der Waals surface area (Å²) in [5.74, 6) is 0.143. The van der Waals surface area contributed by atoms with Crippen LogP contribution in [0.25, 0.3) is 10.2 Å². The predicted octanol–water partition coefficient (Wildman–Crippen LogP) is 5.43. The van der Waals surface area contributed by atoms with Crippen molar-refractivity contribution in [1.29, 1.82) is 0 Å². The first-order valence-corrected chi connectivity index (χ1v) is 11.7. The van der Waals surface area contributed by atoms with Gasteiger partial charge in [0.15, 0.2) is 16.0 Å². The van der Waals surface area contributed by atoms with Gasteiger partial charge in [-0.05, 0) is 83.6 Å². The van der Waals surface area contributed by atoms with E-state index in [4.69, 9.17) is 21.4 Å². The number of nitrogens with one attached hydrogen (secondary N) is 3. The van der Waals surface area contributed by atoms with Crippen LogP contribution < -0.4 is 20.7 Å². The highest BCUT2D eigenvalue weighted by atomic mass is 79.9. The van der Waals surface area contributed by atoms with Crippen molar-refractivity contribution in [3.63, 3.8) is 0 Å². The largest absolute Gasteiger partial charge is 0.493 e. The Kier molecular flexibility index (Phi) is 7.02. The Morgan fingerprint density at radius 3 is 2.73 bits per heavy atom. The number of fused-ring (bicyclic) bond motifs is 1. The van der Waals surface area contributed by atoms with Gasteiger partial charge in [0.25, 0.3) is 11.8 Å². The van der Waals surface area contributed by atoms with Crippen LogP contribution in [0.3, 0.4) is 0 Å². The molecule has 0 aliphatic heterocycles. The van der Waals surface area contributed by atoms with E-state index in [1.807, 2.05) is 13.0 Å². The number of halogens is 1. The van der Waals surface area contributed by atoms with Crippen LogP contribution >= 0.6 is 39.5 Å². The minimum atomic E-state index is -0.373. The van der Waals surface area contributed by atoms with Gasteiger partial charge >= 0.3 is 0 Å². The van der Waals surface area contributed by atoms with Gasteiger partial charge in [-0.3, -0.25) is 20.2 Å². The van der Waals surface area contributed by atoms with E-state index in [0.717, 1.165) is 10.2 Å². The molecule has 3 N–H and O–H groups in total. The number of anilines is 2. The standard InChI is InChI=1S/C22H17BrN4O4S2/c1-2-30-16-8-5-12(10-14(16)23)19(28)26-21(32)24-13-6-7-15-18(11-13)33-22(25-15)27-20(29)17-4-3-9-31-17/h3-11H,2H2,1H3,(H,25,27,29)(H2,24,26,28,32). The van der Waals surface area contributed by atoms with Crippen molar-refractivity contribution in [2.75, 3.05) is 17.2 Å². The van der Waals surface area contributed by atoms with Crippen LogP contribution in [0.15, 0.2) is 63.7 Å². The number of ether oxygens (including phenoxy) is 1. The quantitative estimate of drug-likeness (QED) is 0.278. The smallest absolute Gasteiger partial charge is 0.293 e. The molecule has 0 atom stereocenters. The first-order chi connectivity index (χ1) is 15.9. The van der Waals surface area contributed by atoms with E-state index in [-0.39, 0.29) is 22.7 Å². The third-order valence-electron chi connectivity index (χ3n) is 4.33. The molecule has 0 fully saturated rings. The summed E-state index contributed by atoms with van der Waals surface area (Å²) >= 11 is 9.99. The minimum absolute atomic E-state index is 0.153. The van der Waals surface area contributed by atoms with Crippen LogP contribution in [0, 0.1) is 0 Å². The lowest BCUT2D eigenvalue weighted by Gasteiger charge is -2.11. The first-order valence-electron chi connectivity index (χ1n) is 9.73. The molecule has 4 rings (SSSR count). The Bertz CT molecular complexity index is 1340. The summed E-state index contributed by atoms with van der Waals surface area (Å²) in [6.07, 6.45) is 1.43. The molecule has 0 radical (unpaired) electrons. The molecule has 168 valence electrons. The van der Waals surface area contributed by atoms with Crippen LogP contribution in [0.1, 0.15) is 27.8 Å². The van der Waals surface area contributed by atoms with E-state index in [1.54, 1.807) is 42.5 Å². The predicted molar refractivity (Wildman–Crippen MR) is 135 cm³/mol. The zero-order chi connectivity index (χ0) is 23.4. The summed E-state index contributed by atoms with van der Waals surface area (Å²) in [7, 11) is 0. The second-order valence-corrected chi connectivity index (χ2v) is 8.91. The number of hydrogen-bond donors (Lipinski definition) is 3. The third-order valence-corrected chi connectivity index (χ3v) is 6.09. The number of hydrogen-bond acceptors (Lipinski definition) is 7. The highest BCUT2D eigenvalue weighted by molar-refractivity contribution is 9.10. The molecular weight excluding hydrogens is 528 g/mol. The van der Waals surface area contributed by atoms with Crippen molar-refractivity contribution < 1.29 is 18.7 Å². The lowest BCUT2D eigenvalue weighted by atomic mass is 10.2. The molecule has 4 aromatic rings. The first kappa shape index (κ1) is 22.9. The fourth-order valence-electron chi connectivity index (χ4n) is 2.87. The summed E-state index contributed by atoms with van der Waals surface area (Å²) in [6.45, 7) is 2.42. The summed E-state index contributed by atoms with van der Waals surface area (Å²) in [6, 6.07) is 13.7. The van der Waals surface area contributed by atoms with Crippen molar-refractivity contribution >= 4 is 77.4 Å². The number of benzene rings is 2. The Balaban J connectivity index is 1.40. The zero-order valence-electron chi connectivity index (χ0n) is 17.2. The number of carbonyl (C=O) groups excluding carboxylic acids is 2. The summed E-state index contributed by atoms with van der Waals surface area (Å²) in [4.78, 5) is 29.1. The maximum atomic E-state index is 12.5. The maximum absolute atomic E-state index is 12.5. The zero-order valence-corrected chi connectivity index (χ0v) is 20.4. The molecule has 0 aliphatic carbocycles. The van der Waals surface area contributed by atoms with Crippen molar-refractivity contribution in [3.8, 4) is 5.75 Å². The van der Waals surface area contributed by atoms with Crippen LogP contribution in [0.5, 0.6) is 5.75 Å². The molecule has 0 saturated carbocycles. The molecule has 2 amide bonds. The highest BCUT2D eigenvalue weighted by Crippen LogP contribution is 2.29. The highest BCUT2D eigenvalue weighted by Gasteiger charge is 2.14. The van der Waals surface area contributed by atoms with E-state index in [0.29, 0.717) is 33.2 Å². The average molecular weight is 545 g/mol. The molecule has 0 bridgehead atoms. The molecule has 0 saturated heterocycles. The van der Waals surface area contributed by atoms with Gasteiger partial charge in [-0.25, -0.2) is 4.98 Å². The van der Waals surface area contributed by atoms with E-state index in [9.17, 15) is 9.59 Å². The molecule has 2 heterocycles. The second kappa shape index (κ2) is 10.1. The molecule has 0 spiro atoms. The minimum Gasteiger partial charge on any atom is -0.493 e. The number of furan rings is 1. The SMILES string of the molecule is CCOc1ccc(C(=O)NC(=S)Nc2ccc3nc(NC(=O)c4ccco4)sc3c2)cc1Br. The number of amides is 2. The fraction of sp³-hybridized carbons (Fsp3) is 0.0909. The van der Waals surface area contributed by atoms with Gasteiger partial charge in [-0.15, -0.1) is 0 Å². The summed E-state index contributed by atoms with van der Waals surface area (Å²) < 4.78 is 12.1. The number of thiazole rings is 1. The van der Waals surface area contributed by atoms with Crippen molar-refractivity contribution in [2.24, 2.45) is 0 Å². The van der Waals surface area contributed by atoms with E-state index in [2.05, 4.69) is 36.9 Å². The molecule has 0 unspecified atom stereocenters. The molecule has 33 heavy (non-hydrogen) atoms. The second-order valence-electron chi connectivity index (χ2n) is 6.62. The Morgan fingerprint density at radius 1 is 1.15 bits per heavy atom. The van der Waals surface area contributed by atoms with Gasteiger partial charge in [0.05, 0.1) is 27.6 Å². The Hall–Kier alpha value is -3.28. The maximum Gasteiger partial charge on any atom is 0.293 e. The van der Waals surface area contributed by atoms with Crippen molar-refractivity contribution in [2.45, 2.75) is 6.92 Å². The van der Waals surface area contributed by atoms with Crippen LogP contribution in [0.2, 0.25) is 0 Å². The van der Waals surface area contributed by atoms with Crippen molar-refractivity contribution in [3.05, 3.63) is 70.6 Å². The van der Waals surface area contributed by atoms with Crippen LogP contribution in [-0.4, -0.2) is 28.5 Å². The fourth-order valence-corrected chi connectivity index (χ4v) is 4.48. The van der Waals surface area contributed by atoms with E-state index < -0.39 is 0 Å². The van der Waals surface area contributed by atoms with Gasteiger partial charge < -0.3 is 14.5 Å².